The van der Waals surface area contributed by atoms with Crippen LogP contribution in [0.2, 0.25) is 0 Å². The second kappa shape index (κ2) is 8.27. The van der Waals surface area contributed by atoms with Crippen molar-refractivity contribution < 1.29 is 17.9 Å². The van der Waals surface area contributed by atoms with E-state index in [1.54, 1.807) is 41.4 Å². The monoisotopic (exact) mass is 400 g/mol. The Bertz CT molecular complexity index is 988. The average molecular weight is 400 g/mol. The first-order valence-electron chi connectivity index (χ1n) is 8.84. The molecule has 3 rings (SSSR count). The lowest BCUT2D eigenvalue weighted by Gasteiger charge is -2.29. The van der Waals surface area contributed by atoms with E-state index in [4.69, 9.17) is 10.00 Å². The third-order valence-corrected chi connectivity index (χ3v) is 5.39. The first kappa shape index (κ1) is 19.6. The lowest BCUT2D eigenvalue weighted by Crippen LogP contribution is -2.39. The quantitative estimate of drug-likeness (QED) is 0.722. The summed E-state index contributed by atoms with van der Waals surface area (Å²) in [6, 6.07) is 9.15. The normalized spacial score (nSPS) is 17.1. The Morgan fingerprint density at radius 3 is 2.75 bits per heavy atom. The molecule has 0 saturated heterocycles. The number of carbonyl (C=O) groups is 1. The summed E-state index contributed by atoms with van der Waals surface area (Å²) >= 11 is 0. The zero-order valence-corrected chi connectivity index (χ0v) is 16.2. The molecule has 0 unspecified atom stereocenters. The number of rotatable bonds is 6. The number of anilines is 1. The molecule has 0 N–H and O–H groups in total. The molecule has 1 amide bonds. The minimum atomic E-state index is -3.45. The molecule has 2 aliphatic heterocycles. The summed E-state index contributed by atoms with van der Waals surface area (Å²) < 4.78 is 32.4. The lowest BCUT2D eigenvalue weighted by molar-refractivity contribution is -0.114. The van der Waals surface area contributed by atoms with Crippen LogP contribution in [0.1, 0.15) is 13.3 Å². The number of hydrogen-bond acceptors (Lipinski definition) is 6. The van der Waals surface area contributed by atoms with E-state index in [9.17, 15) is 13.2 Å². The fourth-order valence-electron chi connectivity index (χ4n) is 2.88. The summed E-state index contributed by atoms with van der Waals surface area (Å²) in [6.07, 6.45) is 4.85. The van der Waals surface area contributed by atoms with Gasteiger partial charge in [0.2, 0.25) is 0 Å². The van der Waals surface area contributed by atoms with Gasteiger partial charge < -0.3 is 14.5 Å². The molecule has 146 valence electrons. The van der Waals surface area contributed by atoms with E-state index in [0.717, 1.165) is 0 Å². The largest absolute Gasteiger partial charge is 0.494 e. The predicted molar refractivity (Wildman–Crippen MR) is 105 cm³/mol. The van der Waals surface area contributed by atoms with Gasteiger partial charge >= 0.3 is 0 Å². The molecule has 8 nitrogen and oxygen atoms in total. The number of fused-ring (bicyclic) bond motifs is 1. The molecule has 0 aromatic heterocycles. The predicted octanol–water partition coefficient (Wildman–Crippen LogP) is 1.83. The Labute approximate surface area is 164 Å². The van der Waals surface area contributed by atoms with E-state index >= 15 is 0 Å². The van der Waals surface area contributed by atoms with Crippen LogP contribution in [0, 0.1) is 11.3 Å². The topological polar surface area (TPSA) is 103 Å². The van der Waals surface area contributed by atoms with Crippen molar-refractivity contribution >= 4 is 27.5 Å². The minimum absolute atomic E-state index is 0.0979. The molecular weight excluding hydrogens is 380 g/mol. The molecule has 1 aromatic rings. The van der Waals surface area contributed by atoms with Crippen molar-refractivity contribution in [3.05, 3.63) is 48.2 Å². The lowest BCUT2D eigenvalue weighted by atomic mass is 10.1. The highest BCUT2D eigenvalue weighted by Gasteiger charge is 2.27. The van der Waals surface area contributed by atoms with Gasteiger partial charge in [-0.15, -0.1) is 4.40 Å². The van der Waals surface area contributed by atoms with Gasteiger partial charge in [-0.25, -0.2) is 8.42 Å². The van der Waals surface area contributed by atoms with E-state index in [-0.39, 0.29) is 31.2 Å². The molecule has 0 radical (unpaired) electrons. The Kier molecular flexibility index (Phi) is 5.80. The van der Waals surface area contributed by atoms with Gasteiger partial charge in [0.1, 0.15) is 11.6 Å². The van der Waals surface area contributed by atoms with E-state index in [2.05, 4.69) is 10.5 Å². The summed E-state index contributed by atoms with van der Waals surface area (Å²) in [7, 11) is -3.45. The maximum atomic E-state index is 13.1. The Hall–Kier alpha value is -3.12. The maximum Gasteiger partial charge on any atom is 0.259 e. The fourth-order valence-corrected chi connectivity index (χ4v) is 3.85. The summed E-state index contributed by atoms with van der Waals surface area (Å²) in [5, 5.41) is 8.95. The van der Waals surface area contributed by atoms with Crippen molar-refractivity contribution in [1.29, 1.82) is 5.26 Å². The van der Waals surface area contributed by atoms with Crippen molar-refractivity contribution in [1.82, 2.24) is 4.90 Å². The second-order valence-corrected chi connectivity index (χ2v) is 7.89. The van der Waals surface area contributed by atoms with Crippen LogP contribution >= 0.6 is 0 Å². The molecule has 0 saturated carbocycles. The SMILES string of the molecule is CCOc1ccc(N(CCC#N)C(=O)C2=CN3CCS(=O)(=O)N=C3C=C2)cc1. The highest BCUT2D eigenvalue weighted by molar-refractivity contribution is 7.90. The highest BCUT2D eigenvalue weighted by Crippen LogP contribution is 2.24. The molecule has 0 atom stereocenters. The Morgan fingerprint density at radius 1 is 1.32 bits per heavy atom. The number of carbonyl (C=O) groups excluding carboxylic acids is 1. The number of amidine groups is 1. The zero-order valence-electron chi connectivity index (χ0n) is 15.4. The molecule has 1 aromatic carbocycles. The standard InChI is InChI=1S/C19H20N4O4S/c1-2-27-17-7-5-16(6-8-17)23(11-3-10-20)19(24)15-4-9-18-21-28(25,26)13-12-22(18)14-15/h4-9,14H,2-3,11-13H2,1H3. The highest BCUT2D eigenvalue weighted by atomic mass is 32.2. The van der Waals surface area contributed by atoms with Gasteiger partial charge in [-0.2, -0.15) is 5.26 Å². The third kappa shape index (κ3) is 4.40. The van der Waals surface area contributed by atoms with Crippen molar-refractivity contribution in [2.45, 2.75) is 13.3 Å². The first-order valence-corrected chi connectivity index (χ1v) is 10.5. The van der Waals surface area contributed by atoms with Crippen LogP contribution in [-0.2, 0) is 14.8 Å². The summed E-state index contributed by atoms with van der Waals surface area (Å²) in [5.74, 6) is 0.626. The Balaban J connectivity index is 1.85. The number of ether oxygens (including phenoxy) is 1. The van der Waals surface area contributed by atoms with Gasteiger partial charge in [-0.1, -0.05) is 0 Å². The van der Waals surface area contributed by atoms with E-state index < -0.39 is 10.0 Å². The fraction of sp³-hybridized carbons (Fsp3) is 0.316. The molecular formula is C19H20N4O4S. The van der Waals surface area contributed by atoms with E-state index in [1.807, 2.05) is 6.92 Å². The maximum absolute atomic E-state index is 13.1. The molecule has 2 aliphatic rings. The number of hydrogen-bond donors (Lipinski definition) is 0. The molecule has 9 heteroatoms. The summed E-state index contributed by atoms with van der Waals surface area (Å²) in [5.41, 5.74) is 1.05. The van der Waals surface area contributed by atoms with Gasteiger partial charge in [-0.05, 0) is 43.3 Å². The van der Waals surface area contributed by atoms with Crippen molar-refractivity contribution in [2.75, 3.05) is 30.3 Å². The zero-order chi connectivity index (χ0) is 20.1. The minimum Gasteiger partial charge on any atom is -0.494 e. The molecule has 2 heterocycles. The smallest absolute Gasteiger partial charge is 0.259 e. The van der Waals surface area contributed by atoms with Crippen LogP contribution < -0.4 is 9.64 Å². The van der Waals surface area contributed by atoms with Gasteiger partial charge in [0.25, 0.3) is 15.9 Å². The summed E-state index contributed by atoms with van der Waals surface area (Å²) in [4.78, 5) is 16.3. The molecule has 0 aliphatic carbocycles. The first-order chi connectivity index (χ1) is 13.4. The third-order valence-electron chi connectivity index (χ3n) is 4.22. The summed E-state index contributed by atoms with van der Waals surface area (Å²) in [6.45, 7) is 2.92. The van der Waals surface area contributed by atoms with Crippen LogP contribution in [0.25, 0.3) is 0 Å². The average Bonchev–Trinajstić information content (AvgIpc) is 2.68. The number of benzene rings is 1. The second-order valence-electron chi connectivity index (χ2n) is 6.14. The van der Waals surface area contributed by atoms with Gasteiger partial charge in [0.15, 0.2) is 0 Å². The van der Waals surface area contributed by atoms with E-state index in [0.29, 0.717) is 29.5 Å². The Morgan fingerprint density at radius 2 is 2.07 bits per heavy atom. The van der Waals surface area contributed by atoms with Crippen molar-refractivity contribution in [2.24, 2.45) is 4.40 Å². The number of nitriles is 1. The van der Waals surface area contributed by atoms with Crippen molar-refractivity contribution in [3.8, 4) is 11.8 Å². The van der Waals surface area contributed by atoms with E-state index in [1.165, 1.54) is 11.0 Å². The molecule has 0 spiro atoms. The van der Waals surface area contributed by atoms with Crippen molar-refractivity contribution in [3.63, 3.8) is 0 Å². The van der Waals surface area contributed by atoms with Gasteiger partial charge in [0.05, 0.1) is 30.4 Å². The van der Waals surface area contributed by atoms with Crippen LogP contribution in [0.3, 0.4) is 0 Å². The molecule has 28 heavy (non-hydrogen) atoms. The van der Waals surface area contributed by atoms with Crippen LogP contribution in [0.15, 0.2) is 52.6 Å². The molecule has 0 fully saturated rings. The van der Waals surface area contributed by atoms with Crippen LogP contribution in [0.5, 0.6) is 5.75 Å². The number of sulfonamides is 1. The number of amides is 1. The van der Waals surface area contributed by atoms with Crippen LogP contribution in [0.4, 0.5) is 5.69 Å². The van der Waals surface area contributed by atoms with Crippen LogP contribution in [-0.4, -0.2) is 50.5 Å². The van der Waals surface area contributed by atoms with Gasteiger partial charge in [0, 0.05) is 25.0 Å². The number of nitrogens with zero attached hydrogens (tertiary/aromatic N) is 4. The van der Waals surface area contributed by atoms with Gasteiger partial charge in [-0.3, -0.25) is 4.79 Å². The molecule has 0 bridgehead atoms.